The molecule has 1 aromatic rings. The molecule has 1 heterocycles. The highest BCUT2D eigenvalue weighted by molar-refractivity contribution is 9.08. The Morgan fingerprint density at radius 2 is 2.15 bits per heavy atom. The van der Waals surface area contributed by atoms with E-state index in [0.29, 0.717) is 0 Å². The van der Waals surface area contributed by atoms with Gasteiger partial charge in [0.15, 0.2) is 0 Å². The van der Waals surface area contributed by atoms with Crippen molar-refractivity contribution in [1.82, 2.24) is 4.98 Å². The molecule has 0 saturated carbocycles. The minimum atomic E-state index is -2.74. The molecular weight excluding hydrogens is 249 g/mol. The fraction of sp³-hybridized carbons (Fsp3) is 0.286. The minimum absolute atomic E-state index is 0.121. The summed E-state index contributed by atoms with van der Waals surface area (Å²) in [6.45, 7) is 0. The van der Waals surface area contributed by atoms with Gasteiger partial charge in [-0.15, -0.1) is 0 Å². The van der Waals surface area contributed by atoms with Crippen LogP contribution in [0.1, 0.15) is 17.6 Å². The van der Waals surface area contributed by atoms with E-state index < -0.39 is 23.8 Å². The molecule has 0 saturated heterocycles. The lowest BCUT2D eigenvalue weighted by molar-refractivity contribution is 0.151. The quantitative estimate of drug-likeness (QED) is 0.651. The third kappa shape index (κ3) is 2.12. The van der Waals surface area contributed by atoms with E-state index in [1.165, 1.54) is 0 Å². The Kier molecular flexibility index (Phi) is 3.13. The zero-order valence-electron chi connectivity index (χ0n) is 6.40. The van der Waals surface area contributed by atoms with E-state index in [2.05, 4.69) is 20.9 Å². The van der Waals surface area contributed by atoms with Crippen LogP contribution in [0.5, 0.6) is 0 Å². The van der Waals surface area contributed by atoms with Crippen LogP contribution in [0.4, 0.5) is 19.0 Å². The molecule has 6 heteroatoms. The number of nitrogens with two attached hydrogens (primary N) is 1. The normalized spacial score (nSPS) is 10.8. The van der Waals surface area contributed by atoms with Crippen molar-refractivity contribution < 1.29 is 13.2 Å². The molecule has 1 aromatic heterocycles. The largest absolute Gasteiger partial charge is 0.383 e. The number of rotatable bonds is 2. The Hall–Kier alpha value is -0.780. The first-order valence-electron chi connectivity index (χ1n) is 3.35. The smallest absolute Gasteiger partial charge is 0.267 e. The van der Waals surface area contributed by atoms with Crippen molar-refractivity contribution in [2.75, 3.05) is 5.73 Å². The van der Waals surface area contributed by atoms with Crippen molar-refractivity contribution in [2.24, 2.45) is 0 Å². The molecule has 2 nitrogen and oxygen atoms in total. The average Bonchev–Trinajstić information content (AvgIpc) is 2.01. The van der Waals surface area contributed by atoms with Crippen LogP contribution in [0.3, 0.4) is 0 Å². The lowest BCUT2D eigenvalue weighted by atomic mass is 10.1. The molecule has 0 aliphatic carbocycles. The number of nitrogen functional groups attached to an aromatic ring is 1. The maximum Gasteiger partial charge on any atom is 0.267 e. The van der Waals surface area contributed by atoms with Crippen LogP contribution in [0.15, 0.2) is 6.07 Å². The van der Waals surface area contributed by atoms with Gasteiger partial charge in [0.25, 0.3) is 6.43 Å². The lowest BCUT2D eigenvalue weighted by Gasteiger charge is -2.08. The van der Waals surface area contributed by atoms with Crippen LogP contribution in [0.25, 0.3) is 0 Å². The van der Waals surface area contributed by atoms with Crippen LogP contribution in [-0.2, 0) is 5.33 Å². The molecule has 13 heavy (non-hydrogen) atoms. The van der Waals surface area contributed by atoms with E-state index in [-0.39, 0.29) is 10.9 Å². The van der Waals surface area contributed by atoms with Gasteiger partial charge in [-0.1, -0.05) is 15.9 Å². The van der Waals surface area contributed by atoms with Crippen molar-refractivity contribution >= 4 is 21.7 Å². The van der Waals surface area contributed by atoms with Crippen molar-refractivity contribution in [1.29, 1.82) is 0 Å². The molecule has 0 amide bonds. The molecule has 0 aliphatic rings. The van der Waals surface area contributed by atoms with Crippen LogP contribution in [0.2, 0.25) is 0 Å². The molecule has 0 atom stereocenters. The van der Waals surface area contributed by atoms with E-state index in [9.17, 15) is 13.2 Å². The summed E-state index contributed by atoms with van der Waals surface area (Å²) in [5, 5.41) is 0.121. The number of halogens is 4. The zero-order valence-corrected chi connectivity index (χ0v) is 7.98. The molecule has 1 rings (SSSR count). The number of nitrogens with zero attached hydrogens (tertiary/aromatic N) is 1. The summed E-state index contributed by atoms with van der Waals surface area (Å²) in [6.07, 6.45) is -2.74. The number of hydrogen-bond acceptors (Lipinski definition) is 2. The Labute approximate surface area is 81.1 Å². The van der Waals surface area contributed by atoms with Crippen LogP contribution >= 0.6 is 15.9 Å². The standard InChI is InChI=1S/C7H6BrF3N2/c8-2-3-1-4(9)13-7(12)5(3)6(10)11/h1,6H,2H2,(H2,12,13). The molecular formula is C7H6BrF3N2. The van der Waals surface area contributed by atoms with E-state index in [1.54, 1.807) is 0 Å². The van der Waals surface area contributed by atoms with Crippen molar-refractivity contribution in [3.63, 3.8) is 0 Å². The Morgan fingerprint density at radius 3 is 2.62 bits per heavy atom. The van der Waals surface area contributed by atoms with Gasteiger partial charge < -0.3 is 5.73 Å². The molecule has 0 aliphatic heterocycles. The first kappa shape index (κ1) is 10.3. The predicted molar refractivity (Wildman–Crippen MR) is 46.2 cm³/mol. The molecule has 0 unspecified atom stereocenters. The molecule has 0 bridgehead atoms. The van der Waals surface area contributed by atoms with Gasteiger partial charge in [0.05, 0.1) is 5.56 Å². The van der Waals surface area contributed by atoms with Gasteiger partial charge in [-0.3, -0.25) is 0 Å². The van der Waals surface area contributed by atoms with Gasteiger partial charge in [-0.2, -0.15) is 4.39 Å². The third-order valence-electron chi connectivity index (χ3n) is 1.50. The molecule has 72 valence electrons. The second-order valence-electron chi connectivity index (χ2n) is 2.34. The Morgan fingerprint density at radius 1 is 1.54 bits per heavy atom. The maximum absolute atomic E-state index is 12.6. The van der Waals surface area contributed by atoms with Gasteiger partial charge in [0.1, 0.15) is 5.82 Å². The summed E-state index contributed by atoms with van der Waals surface area (Å²) >= 11 is 2.96. The van der Waals surface area contributed by atoms with Gasteiger partial charge in [0, 0.05) is 5.33 Å². The van der Waals surface area contributed by atoms with Gasteiger partial charge in [-0.05, 0) is 11.6 Å². The monoisotopic (exact) mass is 254 g/mol. The summed E-state index contributed by atoms with van der Waals surface area (Å²) in [5.74, 6) is -1.30. The molecule has 0 fully saturated rings. The first-order valence-corrected chi connectivity index (χ1v) is 4.47. The number of aromatic nitrogens is 1. The number of alkyl halides is 3. The van der Waals surface area contributed by atoms with Gasteiger partial charge in [0.2, 0.25) is 5.95 Å². The second-order valence-corrected chi connectivity index (χ2v) is 2.90. The average molecular weight is 255 g/mol. The van der Waals surface area contributed by atoms with E-state index in [1.807, 2.05) is 0 Å². The molecule has 0 radical (unpaired) electrons. The predicted octanol–water partition coefficient (Wildman–Crippen LogP) is 2.64. The summed E-state index contributed by atoms with van der Waals surface area (Å²) in [5.41, 5.74) is 4.87. The second kappa shape index (κ2) is 3.95. The summed E-state index contributed by atoms with van der Waals surface area (Å²) in [6, 6.07) is 0.937. The van der Waals surface area contributed by atoms with E-state index >= 15 is 0 Å². The number of anilines is 1. The number of pyridine rings is 1. The van der Waals surface area contributed by atoms with Crippen molar-refractivity contribution in [2.45, 2.75) is 11.8 Å². The maximum atomic E-state index is 12.6. The van der Waals surface area contributed by atoms with Gasteiger partial charge >= 0.3 is 0 Å². The Balaban J connectivity index is 3.30. The zero-order chi connectivity index (χ0) is 10.0. The van der Waals surface area contributed by atoms with Crippen molar-refractivity contribution in [3.05, 3.63) is 23.1 Å². The molecule has 2 N–H and O–H groups in total. The fourth-order valence-electron chi connectivity index (χ4n) is 0.956. The van der Waals surface area contributed by atoms with Crippen LogP contribution in [0, 0.1) is 5.95 Å². The SMILES string of the molecule is Nc1nc(F)cc(CBr)c1C(F)F. The van der Waals surface area contributed by atoms with Crippen molar-refractivity contribution in [3.8, 4) is 0 Å². The highest BCUT2D eigenvalue weighted by Crippen LogP contribution is 2.29. The molecule has 0 aromatic carbocycles. The van der Waals surface area contributed by atoms with Crippen LogP contribution in [-0.4, -0.2) is 4.98 Å². The van der Waals surface area contributed by atoms with E-state index in [4.69, 9.17) is 5.73 Å². The summed E-state index contributed by atoms with van der Waals surface area (Å²) in [7, 11) is 0. The fourth-order valence-corrected chi connectivity index (χ4v) is 1.42. The number of hydrogen-bond donors (Lipinski definition) is 1. The molecule has 0 spiro atoms. The summed E-state index contributed by atoms with van der Waals surface area (Å²) < 4.78 is 37.3. The highest BCUT2D eigenvalue weighted by atomic mass is 79.9. The van der Waals surface area contributed by atoms with Crippen LogP contribution < -0.4 is 5.73 Å². The third-order valence-corrected chi connectivity index (χ3v) is 2.11. The lowest BCUT2D eigenvalue weighted by Crippen LogP contribution is -2.04. The summed E-state index contributed by atoms with van der Waals surface area (Å²) in [4.78, 5) is 3.11. The topological polar surface area (TPSA) is 38.9 Å². The van der Waals surface area contributed by atoms with Gasteiger partial charge in [-0.25, -0.2) is 13.8 Å². The highest BCUT2D eigenvalue weighted by Gasteiger charge is 2.18. The minimum Gasteiger partial charge on any atom is -0.383 e. The van der Waals surface area contributed by atoms with E-state index in [0.717, 1.165) is 6.07 Å². The first-order chi connectivity index (χ1) is 6.06. The Bertz CT molecular complexity index is 317.